The van der Waals surface area contributed by atoms with E-state index in [1.54, 1.807) is 0 Å². The van der Waals surface area contributed by atoms with Crippen LogP contribution in [0.25, 0.3) is 0 Å². The third-order valence-corrected chi connectivity index (χ3v) is 5.15. The van der Waals surface area contributed by atoms with E-state index in [1.807, 2.05) is 11.8 Å². The molecule has 124 valence electrons. The molecule has 2 heterocycles. The van der Waals surface area contributed by atoms with E-state index in [1.165, 1.54) is 0 Å². The molecule has 0 unspecified atom stereocenters. The summed E-state index contributed by atoms with van der Waals surface area (Å²) in [5.41, 5.74) is 4.49. The highest BCUT2D eigenvalue weighted by Crippen LogP contribution is 2.33. The van der Waals surface area contributed by atoms with Crippen molar-refractivity contribution in [1.29, 1.82) is 0 Å². The van der Waals surface area contributed by atoms with E-state index >= 15 is 0 Å². The maximum absolute atomic E-state index is 11.5. The summed E-state index contributed by atoms with van der Waals surface area (Å²) in [7, 11) is 0. The normalized spacial score (nSPS) is 26.0. The molecule has 0 spiro atoms. The van der Waals surface area contributed by atoms with Gasteiger partial charge >= 0.3 is 6.03 Å². The number of nitrogens with two attached hydrogens (primary N) is 1. The smallest absolute Gasteiger partial charge is 0.315 e. The number of rotatable bonds is 7. The van der Waals surface area contributed by atoms with Crippen molar-refractivity contribution in [3.63, 3.8) is 0 Å². The first kappa shape index (κ1) is 16.8. The molecule has 6 N–H and O–H groups in total. The fraction of sp³-hybridized carbons (Fsp3) is 0.750. The van der Waals surface area contributed by atoms with Crippen molar-refractivity contribution < 1.29 is 19.2 Å². The number of carbonyl (C=O) groups excluding carboxylic acids is 3. The molecule has 9 nitrogen and oxygen atoms in total. The molecule has 0 radical (unpaired) electrons. The standard InChI is InChI=1S/C12H21N5O4S/c13-21-5-10(19)17-16-9(18)4-2-1-3-8-11-7(6-22-8)14-12(20)15-11/h7-8,11H,1-6,13H2,(H,16,18)(H,17,19)(H2,14,15,20)/t7-,8+,11+/m1/s1. The second kappa shape index (κ2) is 8.20. The molecular weight excluding hydrogens is 310 g/mol. The zero-order chi connectivity index (χ0) is 15.9. The first-order chi connectivity index (χ1) is 10.6. The summed E-state index contributed by atoms with van der Waals surface area (Å²) in [6.07, 6.45) is 2.91. The van der Waals surface area contributed by atoms with Gasteiger partial charge in [0.25, 0.3) is 5.91 Å². The Morgan fingerprint density at radius 1 is 1.27 bits per heavy atom. The van der Waals surface area contributed by atoms with Crippen LogP contribution in [0.2, 0.25) is 0 Å². The minimum absolute atomic E-state index is 0.0862. The molecule has 4 amide bonds. The summed E-state index contributed by atoms with van der Waals surface area (Å²) >= 11 is 1.85. The van der Waals surface area contributed by atoms with Crippen LogP contribution >= 0.6 is 11.8 Å². The van der Waals surface area contributed by atoms with Gasteiger partial charge in [-0.15, -0.1) is 0 Å². The third kappa shape index (κ3) is 4.75. The number of hydrogen-bond donors (Lipinski definition) is 5. The SMILES string of the molecule is NOCC(=O)NNC(=O)CCCC[C@@H]1SC[C@H]2NC(=O)N[C@H]12. The number of hydrazine groups is 1. The van der Waals surface area contributed by atoms with E-state index < -0.39 is 5.91 Å². The summed E-state index contributed by atoms with van der Waals surface area (Å²) in [6, 6.07) is 0.338. The molecule has 0 aromatic rings. The average Bonchev–Trinajstić information content (AvgIpc) is 3.01. The summed E-state index contributed by atoms with van der Waals surface area (Å²) in [5.74, 6) is 4.91. The molecule has 0 aromatic carbocycles. The number of urea groups is 1. The molecular formula is C12H21N5O4S. The Morgan fingerprint density at radius 2 is 2.05 bits per heavy atom. The minimum atomic E-state index is -0.506. The van der Waals surface area contributed by atoms with Gasteiger partial charge in [-0.2, -0.15) is 11.8 Å². The summed E-state index contributed by atoms with van der Waals surface area (Å²) in [5, 5.41) is 6.24. The molecule has 2 rings (SSSR count). The van der Waals surface area contributed by atoms with E-state index in [0.717, 1.165) is 25.0 Å². The minimum Gasteiger partial charge on any atom is -0.332 e. The molecule has 0 aliphatic carbocycles. The summed E-state index contributed by atoms with van der Waals surface area (Å²) in [4.78, 5) is 37.9. The quantitative estimate of drug-likeness (QED) is 0.225. The van der Waals surface area contributed by atoms with Crippen LogP contribution in [0.1, 0.15) is 25.7 Å². The van der Waals surface area contributed by atoms with E-state index in [-0.39, 0.29) is 30.6 Å². The second-order valence-electron chi connectivity index (χ2n) is 5.27. The monoisotopic (exact) mass is 331 g/mol. The van der Waals surface area contributed by atoms with Gasteiger partial charge in [0.1, 0.15) is 6.61 Å². The van der Waals surface area contributed by atoms with Gasteiger partial charge in [0.2, 0.25) is 5.91 Å². The van der Waals surface area contributed by atoms with Crippen molar-refractivity contribution in [3.05, 3.63) is 0 Å². The Bertz CT molecular complexity index is 436. The van der Waals surface area contributed by atoms with Crippen molar-refractivity contribution in [2.75, 3.05) is 12.4 Å². The number of fused-ring (bicyclic) bond motifs is 1. The predicted octanol–water partition coefficient (Wildman–Crippen LogP) is -1.25. The molecule has 10 heteroatoms. The molecule has 2 fully saturated rings. The van der Waals surface area contributed by atoms with Gasteiger partial charge < -0.3 is 10.6 Å². The maximum Gasteiger partial charge on any atom is 0.315 e. The van der Waals surface area contributed by atoms with Crippen molar-refractivity contribution in [1.82, 2.24) is 21.5 Å². The zero-order valence-corrected chi connectivity index (χ0v) is 12.9. The second-order valence-corrected chi connectivity index (χ2v) is 6.55. The lowest BCUT2D eigenvalue weighted by Crippen LogP contribution is -2.43. The van der Waals surface area contributed by atoms with E-state index in [2.05, 4.69) is 26.3 Å². The molecule has 2 aliphatic rings. The highest BCUT2D eigenvalue weighted by Gasteiger charge is 2.42. The third-order valence-electron chi connectivity index (χ3n) is 3.64. The van der Waals surface area contributed by atoms with Gasteiger partial charge in [-0.3, -0.25) is 25.3 Å². The highest BCUT2D eigenvalue weighted by molar-refractivity contribution is 8.00. The summed E-state index contributed by atoms with van der Waals surface area (Å²) < 4.78 is 0. The van der Waals surface area contributed by atoms with Gasteiger partial charge in [-0.1, -0.05) is 6.42 Å². The number of carbonyl (C=O) groups is 3. The Hall–Kier alpha value is -1.52. The van der Waals surface area contributed by atoms with E-state index in [0.29, 0.717) is 11.7 Å². The van der Waals surface area contributed by atoms with Crippen LogP contribution < -0.4 is 27.4 Å². The van der Waals surface area contributed by atoms with Crippen molar-refractivity contribution in [2.24, 2.45) is 5.90 Å². The predicted molar refractivity (Wildman–Crippen MR) is 80.4 cm³/mol. The highest BCUT2D eigenvalue weighted by atomic mass is 32.2. The molecule has 2 saturated heterocycles. The Kier molecular flexibility index (Phi) is 6.28. The Balaban J connectivity index is 1.55. The zero-order valence-electron chi connectivity index (χ0n) is 12.1. The Morgan fingerprint density at radius 3 is 2.82 bits per heavy atom. The molecule has 2 aliphatic heterocycles. The lowest BCUT2D eigenvalue weighted by molar-refractivity contribution is -0.131. The Labute approximate surface area is 132 Å². The van der Waals surface area contributed by atoms with Crippen molar-refractivity contribution >= 4 is 29.6 Å². The van der Waals surface area contributed by atoms with Crippen LogP contribution in [0.4, 0.5) is 4.79 Å². The lowest BCUT2D eigenvalue weighted by Gasteiger charge is -2.16. The van der Waals surface area contributed by atoms with Crippen LogP contribution in [0.3, 0.4) is 0 Å². The largest absolute Gasteiger partial charge is 0.332 e. The fourth-order valence-corrected chi connectivity index (χ4v) is 4.13. The van der Waals surface area contributed by atoms with Crippen molar-refractivity contribution in [3.8, 4) is 0 Å². The number of nitrogens with one attached hydrogen (secondary N) is 4. The van der Waals surface area contributed by atoms with Gasteiger partial charge in [-0.25, -0.2) is 10.7 Å². The van der Waals surface area contributed by atoms with Gasteiger partial charge in [0, 0.05) is 17.4 Å². The fourth-order valence-electron chi connectivity index (χ4n) is 2.59. The number of amides is 4. The maximum atomic E-state index is 11.5. The summed E-state index contributed by atoms with van der Waals surface area (Å²) in [6.45, 7) is -0.304. The van der Waals surface area contributed by atoms with Gasteiger partial charge in [0.15, 0.2) is 0 Å². The van der Waals surface area contributed by atoms with Crippen LogP contribution in [-0.4, -0.2) is 47.5 Å². The van der Waals surface area contributed by atoms with Crippen LogP contribution in [0, 0.1) is 0 Å². The molecule has 22 heavy (non-hydrogen) atoms. The molecule has 3 atom stereocenters. The number of thioether (sulfide) groups is 1. The van der Waals surface area contributed by atoms with Crippen LogP contribution in [-0.2, 0) is 14.4 Å². The molecule has 0 bridgehead atoms. The topological polar surface area (TPSA) is 135 Å². The van der Waals surface area contributed by atoms with Crippen molar-refractivity contribution in [2.45, 2.75) is 43.0 Å². The van der Waals surface area contributed by atoms with Crippen LogP contribution in [0.15, 0.2) is 0 Å². The van der Waals surface area contributed by atoms with E-state index in [4.69, 9.17) is 5.90 Å². The van der Waals surface area contributed by atoms with Gasteiger partial charge in [0.05, 0.1) is 12.1 Å². The molecule has 0 saturated carbocycles. The number of unbranched alkanes of at least 4 members (excludes halogenated alkanes) is 1. The molecule has 0 aromatic heterocycles. The number of hydrogen-bond acceptors (Lipinski definition) is 6. The first-order valence-electron chi connectivity index (χ1n) is 7.18. The average molecular weight is 331 g/mol. The lowest BCUT2D eigenvalue weighted by atomic mass is 10.0. The van der Waals surface area contributed by atoms with Crippen LogP contribution in [0.5, 0.6) is 0 Å². The van der Waals surface area contributed by atoms with Gasteiger partial charge in [-0.05, 0) is 12.8 Å². The first-order valence-corrected chi connectivity index (χ1v) is 8.23. The van der Waals surface area contributed by atoms with E-state index in [9.17, 15) is 14.4 Å².